The molecule has 156 valence electrons. The van der Waals surface area contributed by atoms with Gasteiger partial charge in [-0.3, -0.25) is 14.9 Å². The predicted molar refractivity (Wildman–Crippen MR) is 113 cm³/mol. The molecule has 2 saturated heterocycles. The number of morpholine rings is 1. The van der Waals surface area contributed by atoms with Crippen molar-refractivity contribution in [3.05, 3.63) is 32.3 Å². The summed E-state index contributed by atoms with van der Waals surface area (Å²) in [5.41, 5.74) is 0.532. The Labute approximate surface area is 179 Å². The number of nitrogens with one attached hydrogen (secondary N) is 2. The molecule has 28 heavy (non-hydrogen) atoms. The van der Waals surface area contributed by atoms with E-state index in [9.17, 15) is 14.9 Å². The number of benzene rings is 1. The Morgan fingerprint density at radius 2 is 2.04 bits per heavy atom. The van der Waals surface area contributed by atoms with E-state index in [4.69, 9.17) is 4.74 Å². The third-order valence-corrected chi connectivity index (χ3v) is 5.32. The molecule has 10 heteroatoms. The highest BCUT2D eigenvalue weighted by atomic mass is 79.9. The molecule has 0 aliphatic carbocycles. The van der Waals surface area contributed by atoms with E-state index >= 15 is 0 Å². The fourth-order valence-corrected chi connectivity index (χ4v) is 4.20. The molecule has 0 unspecified atom stereocenters. The lowest BCUT2D eigenvalue weighted by Gasteiger charge is -2.36. The van der Waals surface area contributed by atoms with Gasteiger partial charge in [0.05, 0.1) is 22.7 Å². The van der Waals surface area contributed by atoms with Crippen LogP contribution in [0.25, 0.3) is 0 Å². The van der Waals surface area contributed by atoms with Crippen LogP contribution in [0.1, 0.15) is 37.0 Å². The van der Waals surface area contributed by atoms with Crippen LogP contribution >= 0.6 is 28.3 Å². The number of anilines is 1. The second-order valence-electron chi connectivity index (χ2n) is 7.26. The zero-order valence-electron chi connectivity index (χ0n) is 15.9. The number of hydrogen-bond acceptors (Lipinski definition) is 6. The van der Waals surface area contributed by atoms with Crippen molar-refractivity contribution in [3.63, 3.8) is 0 Å². The zero-order chi connectivity index (χ0) is 19.6. The molecule has 3 rings (SSSR count). The van der Waals surface area contributed by atoms with Gasteiger partial charge in [0.1, 0.15) is 5.69 Å². The van der Waals surface area contributed by atoms with E-state index in [1.807, 2.05) is 13.8 Å². The van der Waals surface area contributed by atoms with Crippen molar-refractivity contribution < 1.29 is 14.5 Å². The van der Waals surface area contributed by atoms with Crippen LogP contribution in [0.15, 0.2) is 16.6 Å². The number of carbonyl (C=O) groups is 1. The first-order valence-corrected chi connectivity index (χ1v) is 10.0. The minimum Gasteiger partial charge on any atom is -0.375 e. The number of piperidine rings is 1. The summed E-state index contributed by atoms with van der Waals surface area (Å²) in [5.74, 6) is -0.215. The van der Waals surface area contributed by atoms with Crippen molar-refractivity contribution in [2.45, 2.75) is 44.9 Å². The average Bonchev–Trinajstić information content (AvgIpc) is 2.62. The van der Waals surface area contributed by atoms with Crippen LogP contribution in [0.5, 0.6) is 0 Å². The molecule has 1 aromatic carbocycles. The number of rotatable bonds is 4. The molecule has 2 aliphatic rings. The zero-order valence-corrected chi connectivity index (χ0v) is 18.3. The maximum absolute atomic E-state index is 13.3. The van der Waals surface area contributed by atoms with Gasteiger partial charge < -0.3 is 20.3 Å². The SMILES string of the molecule is C[C@@H]1CN(C(=O)c2cc(Br)cc([N+](=O)[O-])c2N[C@@H]2CCCNC2)C[C@H](C)O1.Cl. The first-order chi connectivity index (χ1) is 12.8. The first kappa shape index (κ1) is 22.9. The van der Waals surface area contributed by atoms with Crippen LogP contribution in [-0.2, 0) is 4.74 Å². The summed E-state index contributed by atoms with van der Waals surface area (Å²) in [4.78, 5) is 26.2. The lowest BCUT2D eigenvalue weighted by atomic mass is 10.0. The van der Waals surface area contributed by atoms with Gasteiger partial charge in [-0.2, -0.15) is 0 Å². The molecule has 0 spiro atoms. The number of ether oxygens (including phenoxy) is 1. The quantitative estimate of drug-likeness (QED) is 0.511. The van der Waals surface area contributed by atoms with Crippen LogP contribution < -0.4 is 10.6 Å². The summed E-state index contributed by atoms with van der Waals surface area (Å²) in [6, 6.07) is 3.16. The Balaban J connectivity index is 0.00000280. The van der Waals surface area contributed by atoms with Crippen molar-refractivity contribution >= 4 is 45.6 Å². The van der Waals surface area contributed by atoms with Crippen LogP contribution in [0.4, 0.5) is 11.4 Å². The Kier molecular flexibility index (Phi) is 8.06. The number of nitrogens with zero attached hydrogens (tertiary/aromatic N) is 2. The molecular weight excluding hydrogens is 452 g/mol. The molecular formula is C18H26BrClN4O4. The van der Waals surface area contributed by atoms with Gasteiger partial charge in [-0.05, 0) is 39.3 Å². The Morgan fingerprint density at radius 3 is 2.61 bits per heavy atom. The van der Waals surface area contributed by atoms with Gasteiger partial charge in [0.2, 0.25) is 0 Å². The number of halogens is 2. The standard InChI is InChI=1S/C18H25BrN4O4.ClH/c1-11-9-22(10-12(2)27-11)18(24)15-6-13(19)7-16(23(25)26)17(15)21-14-4-3-5-20-8-14;/h6-7,11-12,14,20-21H,3-5,8-10H2,1-2H3;1H/t11-,12+,14-;/m1./s1. The monoisotopic (exact) mass is 476 g/mol. The van der Waals surface area contributed by atoms with Gasteiger partial charge in [0.15, 0.2) is 0 Å². The molecule has 8 nitrogen and oxygen atoms in total. The molecule has 3 atom stereocenters. The molecule has 1 aromatic rings. The van der Waals surface area contributed by atoms with Crippen molar-refractivity contribution in [3.8, 4) is 0 Å². The molecule has 0 aromatic heterocycles. The summed E-state index contributed by atoms with van der Waals surface area (Å²) in [6.45, 7) is 6.43. The number of carbonyl (C=O) groups excluding carboxylic acids is 1. The third kappa shape index (κ3) is 5.34. The third-order valence-electron chi connectivity index (χ3n) is 4.86. The van der Waals surface area contributed by atoms with E-state index in [1.165, 1.54) is 6.07 Å². The van der Waals surface area contributed by atoms with Gasteiger partial charge in [-0.1, -0.05) is 15.9 Å². The lowest BCUT2D eigenvalue weighted by molar-refractivity contribution is -0.384. The first-order valence-electron chi connectivity index (χ1n) is 9.25. The van der Waals surface area contributed by atoms with Gasteiger partial charge >= 0.3 is 0 Å². The maximum Gasteiger partial charge on any atom is 0.294 e. The molecule has 0 radical (unpaired) electrons. The summed E-state index contributed by atoms with van der Waals surface area (Å²) < 4.78 is 6.22. The van der Waals surface area contributed by atoms with E-state index in [-0.39, 0.29) is 42.3 Å². The molecule has 2 heterocycles. The number of nitro benzene ring substituents is 1. The summed E-state index contributed by atoms with van der Waals surface area (Å²) in [6.07, 6.45) is 1.75. The van der Waals surface area contributed by atoms with Crippen LogP contribution in [0.2, 0.25) is 0 Å². The van der Waals surface area contributed by atoms with Crippen molar-refractivity contribution in [1.82, 2.24) is 10.2 Å². The van der Waals surface area contributed by atoms with E-state index < -0.39 is 4.92 Å². The van der Waals surface area contributed by atoms with E-state index in [0.717, 1.165) is 19.4 Å². The smallest absolute Gasteiger partial charge is 0.294 e. The van der Waals surface area contributed by atoms with Crippen LogP contribution in [-0.4, -0.2) is 60.2 Å². The van der Waals surface area contributed by atoms with Crippen molar-refractivity contribution in [1.29, 1.82) is 0 Å². The number of nitro groups is 1. The number of hydrogen-bond donors (Lipinski definition) is 2. The minimum absolute atomic E-state index is 0. The number of amides is 1. The molecule has 1 amide bonds. The minimum atomic E-state index is -0.440. The second kappa shape index (κ2) is 9.87. The van der Waals surface area contributed by atoms with Crippen molar-refractivity contribution in [2.75, 3.05) is 31.5 Å². The highest BCUT2D eigenvalue weighted by Gasteiger charge is 2.32. The lowest BCUT2D eigenvalue weighted by Crippen LogP contribution is -2.48. The van der Waals surface area contributed by atoms with Crippen molar-refractivity contribution in [2.24, 2.45) is 0 Å². The van der Waals surface area contributed by atoms with Gasteiger partial charge in [0, 0.05) is 36.2 Å². The molecule has 0 saturated carbocycles. The topological polar surface area (TPSA) is 96.7 Å². The summed E-state index contributed by atoms with van der Waals surface area (Å²) >= 11 is 3.32. The van der Waals surface area contributed by atoms with E-state index in [0.29, 0.717) is 35.4 Å². The molecule has 2 aliphatic heterocycles. The average molecular weight is 478 g/mol. The fraction of sp³-hybridized carbons (Fsp3) is 0.611. The van der Waals surface area contributed by atoms with Gasteiger partial charge in [-0.15, -0.1) is 12.4 Å². The molecule has 0 bridgehead atoms. The van der Waals surface area contributed by atoms with E-state index in [1.54, 1.807) is 11.0 Å². The van der Waals surface area contributed by atoms with Gasteiger partial charge in [-0.25, -0.2) is 0 Å². The highest BCUT2D eigenvalue weighted by Crippen LogP contribution is 2.34. The maximum atomic E-state index is 13.3. The Morgan fingerprint density at radius 1 is 1.36 bits per heavy atom. The molecule has 2 N–H and O–H groups in total. The second-order valence-corrected chi connectivity index (χ2v) is 8.18. The van der Waals surface area contributed by atoms with Crippen LogP contribution in [0, 0.1) is 10.1 Å². The van der Waals surface area contributed by atoms with Gasteiger partial charge in [0.25, 0.3) is 11.6 Å². The predicted octanol–water partition coefficient (Wildman–Crippen LogP) is 3.19. The highest BCUT2D eigenvalue weighted by molar-refractivity contribution is 9.10. The summed E-state index contributed by atoms with van der Waals surface area (Å²) in [7, 11) is 0. The largest absolute Gasteiger partial charge is 0.375 e. The Bertz CT molecular complexity index is 720. The van der Waals surface area contributed by atoms with E-state index in [2.05, 4.69) is 26.6 Å². The fourth-order valence-electron chi connectivity index (χ4n) is 3.75. The Hall–Kier alpha value is -1.42. The summed E-state index contributed by atoms with van der Waals surface area (Å²) in [5, 5.41) is 18.2. The molecule has 2 fully saturated rings. The van der Waals surface area contributed by atoms with Crippen LogP contribution in [0.3, 0.4) is 0 Å². The normalized spacial score (nSPS) is 25.0.